The standard InChI is InChI=1S/C15H20Si/c1-5-12-7-6-8-13-9-10-14(15(12)13)11-16(2,3)4/h5-8,10H,1,9,11H2,2-4H3. The van der Waals surface area contributed by atoms with Crippen molar-refractivity contribution in [2.24, 2.45) is 0 Å². The van der Waals surface area contributed by atoms with Crippen molar-refractivity contribution < 1.29 is 0 Å². The van der Waals surface area contributed by atoms with Gasteiger partial charge < -0.3 is 0 Å². The van der Waals surface area contributed by atoms with E-state index in [9.17, 15) is 0 Å². The Morgan fingerprint density at radius 1 is 1.31 bits per heavy atom. The molecule has 0 fully saturated rings. The lowest BCUT2D eigenvalue weighted by Gasteiger charge is -2.18. The normalized spacial score (nSPS) is 14.6. The molecule has 0 atom stereocenters. The van der Waals surface area contributed by atoms with Crippen molar-refractivity contribution in [3.63, 3.8) is 0 Å². The Morgan fingerprint density at radius 2 is 2.06 bits per heavy atom. The van der Waals surface area contributed by atoms with Crippen molar-refractivity contribution in [2.45, 2.75) is 32.1 Å². The van der Waals surface area contributed by atoms with Crippen LogP contribution >= 0.6 is 0 Å². The van der Waals surface area contributed by atoms with Crippen LogP contribution in [0.5, 0.6) is 0 Å². The van der Waals surface area contributed by atoms with Crippen LogP contribution in [0.25, 0.3) is 11.6 Å². The molecule has 0 saturated carbocycles. The summed E-state index contributed by atoms with van der Waals surface area (Å²) in [5.41, 5.74) is 5.81. The molecule has 0 bridgehead atoms. The molecule has 0 unspecified atom stereocenters. The third-order valence-electron chi connectivity index (χ3n) is 3.01. The molecule has 1 aromatic carbocycles. The minimum absolute atomic E-state index is 1.03. The zero-order valence-corrected chi connectivity index (χ0v) is 11.5. The molecule has 16 heavy (non-hydrogen) atoms. The van der Waals surface area contributed by atoms with E-state index >= 15 is 0 Å². The van der Waals surface area contributed by atoms with Crippen LogP contribution in [0.1, 0.15) is 16.7 Å². The third kappa shape index (κ3) is 2.19. The molecule has 0 amide bonds. The second-order valence-electron chi connectivity index (χ2n) is 5.76. The molecule has 0 N–H and O–H groups in total. The lowest BCUT2D eigenvalue weighted by atomic mass is 10.00. The van der Waals surface area contributed by atoms with E-state index in [1.54, 1.807) is 5.57 Å². The quantitative estimate of drug-likeness (QED) is 0.663. The van der Waals surface area contributed by atoms with Gasteiger partial charge in [0.05, 0.1) is 0 Å². The number of benzene rings is 1. The third-order valence-corrected chi connectivity index (χ3v) is 4.45. The second-order valence-corrected chi connectivity index (χ2v) is 11.2. The summed E-state index contributed by atoms with van der Waals surface area (Å²) in [6.45, 7) is 11.2. The summed E-state index contributed by atoms with van der Waals surface area (Å²) in [6, 6.07) is 7.84. The molecule has 1 aliphatic rings. The number of fused-ring (bicyclic) bond motifs is 1. The summed E-state index contributed by atoms with van der Waals surface area (Å²) >= 11 is 0. The highest BCUT2D eigenvalue weighted by molar-refractivity contribution is 6.77. The van der Waals surface area contributed by atoms with Gasteiger partial charge in [-0.05, 0) is 34.7 Å². The average molecular weight is 228 g/mol. The van der Waals surface area contributed by atoms with Crippen LogP contribution in [0, 0.1) is 0 Å². The minimum Gasteiger partial charge on any atom is -0.0984 e. The van der Waals surface area contributed by atoms with Gasteiger partial charge in [0.25, 0.3) is 0 Å². The van der Waals surface area contributed by atoms with E-state index < -0.39 is 8.07 Å². The maximum atomic E-state index is 3.92. The predicted molar refractivity (Wildman–Crippen MR) is 76.4 cm³/mol. The highest BCUT2D eigenvalue weighted by atomic mass is 28.3. The zero-order chi connectivity index (χ0) is 11.8. The van der Waals surface area contributed by atoms with E-state index in [-0.39, 0.29) is 0 Å². The fraction of sp³-hybridized carbons (Fsp3) is 0.333. The fourth-order valence-corrected chi connectivity index (χ4v) is 3.88. The Labute approximate surface area is 99.7 Å². The van der Waals surface area contributed by atoms with Crippen molar-refractivity contribution in [1.82, 2.24) is 0 Å². The molecule has 0 aromatic heterocycles. The smallest absolute Gasteiger partial charge is 0.0487 e. The van der Waals surface area contributed by atoms with Crippen molar-refractivity contribution in [3.05, 3.63) is 47.5 Å². The molecule has 84 valence electrons. The summed E-state index contributed by atoms with van der Waals surface area (Å²) in [5.74, 6) is 0. The summed E-state index contributed by atoms with van der Waals surface area (Å²) in [5, 5.41) is 0. The van der Waals surface area contributed by atoms with Gasteiger partial charge in [0.1, 0.15) is 0 Å². The monoisotopic (exact) mass is 228 g/mol. The molecule has 1 aliphatic carbocycles. The number of allylic oxidation sites excluding steroid dienone is 2. The van der Waals surface area contributed by atoms with Crippen LogP contribution in [0.2, 0.25) is 25.7 Å². The van der Waals surface area contributed by atoms with Gasteiger partial charge in [0.2, 0.25) is 0 Å². The fourth-order valence-electron chi connectivity index (χ4n) is 2.42. The molecule has 1 aromatic rings. The summed E-state index contributed by atoms with van der Waals surface area (Å²) in [7, 11) is -1.03. The average Bonchev–Trinajstić information content (AvgIpc) is 2.59. The van der Waals surface area contributed by atoms with E-state index in [1.165, 1.54) is 22.7 Å². The Kier molecular flexibility index (Phi) is 2.89. The van der Waals surface area contributed by atoms with Crippen molar-refractivity contribution >= 4 is 19.7 Å². The van der Waals surface area contributed by atoms with Gasteiger partial charge in [0, 0.05) is 8.07 Å². The van der Waals surface area contributed by atoms with Gasteiger partial charge in [-0.15, -0.1) is 0 Å². The van der Waals surface area contributed by atoms with E-state index in [0.29, 0.717) is 0 Å². The molecule has 0 saturated heterocycles. The summed E-state index contributed by atoms with van der Waals surface area (Å²) in [4.78, 5) is 0. The minimum atomic E-state index is -1.03. The predicted octanol–water partition coefficient (Wildman–Crippen LogP) is 4.61. The van der Waals surface area contributed by atoms with Gasteiger partial charge >= 0.3 is 0 Å². The highest BCUT2D eigenvalue weighted by Crippen LogP contribution is 2.36. The number of hydrogen-bond donors (Lipinski definition) is 0. The van der Waals surface area contributed by atoms with E-state index in [0.717, 1.165) is 6.42 Å². The van der Waals surface area contributed by atoms with Crippen LogP contribution in [0.4, 0.5) is 0 Å². The van der Waals surface area contributed by atoms with Gasteiger partial charge in [-0.1, -0.05) is 56.6 Å². The SMILES string of the molecule is C=Cc1cccc2c1C(C[Si](C)(C)C)=CC2. The Hall–Kier alpha value is -1.08. The largest absolute Gasteiger partial charge is 0.0984 e. The van der Waals surface area contributed by atoms with Crippen LogP contribution in [-0.4, -0.2) is 8.07 Å². The highest BCUT2D eigenvalue weighted by Gasteiger charge is 2.22. The van der Waals surface area contributed by atoms with Gasteiger partial charge in [-0.2, -0.15) is 0 Å². The van der Waals surface area contributed by atoms with Gasteiger partial charge in [0.15, 0.2) is 0 Å². The summed E-state index contributed by atoms with van der Waals surface area (Å²) in [6.07, 6.45) is 5.51. The molecular formula is C15H20Si. The maximum Gasteiger partial charge on any atom is 0.0487 e. The first kappa shape index (κ1) is 11.4. The van der Waals surface area contributed by atoms with Crippen LogP contribution in [0.3, 0.4) is 0 Å². The molecule has 2 rings (SSSR count). The Balaban J connectivity index is 2.40. The van der Waals surface area contributed by atoms with Crippen molar-refractivity contribution in [3.8, 4) is 0 Å². The van der Waals surface area contributed by atoms with Crippen molar-refractivity contribution in [1.29, 1.82) is 0 Å². The first-order chi connectivity index (χ1) is 7.51. The molecule has 0 nitrogen and oxygen atoms in total. The number of rotatable bonds is 3. The van der Waals surface area contributed by atoms with Gasteiger partial charge in [-0.3, -0.25) is 0 Å². The van der Waals surface area contributed by atoms with E-state index in [4.69, 9.17) is 0 Å². The topological polar surface area (TPSA) is 0 Å². The Morgan fingerprint density at radius 3 is 2.69 bits per heavy atom. The molecule has 0 aliphatic heterocycles. The van der Waals surface area contributed by atoms with Crippen LogP contribution < -0.4 is 0 Å². The zero-order valence-electron chi connectivity index (χ0n) is 10.5. The summed E-state index contributed by atoms with van der Waals surface area (Å²) < 4.78 is 0. The lowest BCUT2D eigenvalue weighted by Crippen LogP contribution is -2.19. The number of hydrogen-bond acceptors (Lipinski definition) is 0. The molecule has 1 heteroatoms. The first-order valence-electron chi connectivity index (χ1n) is 5.95. The molecule has 0 radical (unpaired) electrons. The van der Waals surface area contributed by atoms with Crippen LogP contribution in [0.15, 0.2) is 30.9 Å². The lowest BCUT2D eigenvalue weighted by molar-refractivity contribution is 1.31. The molecule has 0 spiro atoms. The molecular weight excluding hydrogens is 208 g/mol. The maximum absolute atomic E-state index is 3.92. The second kappa shape index (κ2) is 4.06. The van der Waals surface area contributed by atoms with Crippen molar-refractivity contribution in [2.75, 3.05) is 0 Å². The Bertz CT molecular complexity index is 447. The molecule has 0 heterocycles. The van der Waals surface area contributed by atoms with E-state index in [2.05, 4.69) is 50.5 Å². The van der Waals surface area contributed by atoms with Gasteiger partial charge in [-0.25, -0.2) is 0 Å². The van der Waals surface area contributed by atoms with E-state index in [1.807, 2.05) is 6.08 Å². The first-order valence-corrected chi connectivity index (χ1v) is 9.66. The van der Waals surface area contributed by atoms with Crippen LogP contribution in [-0.2, 0) is 6.42 Å².